The predicted molar refractivity (Wildman–Crippen MR) is 162 cm³/mol. The molecule has 1 amide bonds. The second-order valence-corrected chi connectivity index (χ2v) is 12.2. The van der Waals surface area contributed by atoms with Crippen LogP contribution in [-0.2, 0) is 4.74 Å². The molecule has 1 unspecified atom stereocenters. The van der Waals surface area contributed by atoms with E-state index in [0.717, 1.165) is 72.6 Å². The average molecular weight is 570 g/mol. The van der Waals surface area contributed by atoms with Gasteiger partial charge in [-0.2, -0.15) is 5.10 Å². The summed E-state index contributed by atoms with van der Waals surface area (Å²) >= 11 is 0. The number of aromatic nitrogens is 4. The van der Waals surface area contributed by atoms with Crippen molar-refractivity contribution in [3.63, 3.8) is 0 Å². The van der Waals surface area contributed by atoms with Gasteiger partial charge in [0, 0.05) is 31.2 Å². The number of carbonyl (C=O) groups is 1. The molecule has 0 spiro atoms. The summed E-state index contributed by atoms with van der Waals surface area (Å²) in [4.78, 5) is 25.9. The monoisotopic (exact) mass is 569 g/mol. The Bertz CT molecular complexity index is 1520. The number of hydrogen-bond acceptors (Lipinski definition) is 8. The largest absolute Gasteiger partial charge is 0.457 e. The van der Waals surface area contributed by atoms with Gasteiger partial charge in [0.15, 0.2) is 5.65 Å². The topological polar surface area (TPSA) is 112 Å². The van der Waals surface area contributed by atoms with Crippen LogP contribution >= 0.6 is 0 Å². The molecule has 2 aromatic carbocycles. The second-order valence-electron chi connectivity index (χ2n) is 12.2. The van der Waals surface area contributed by atoms with Crippen LogP contribution in [0.5, 0.6) is 11.5 Å². The molecule has 42 heavy (non-hydrogen) atoms. The van der Waals surface area contributed by atoms with Gasteiger partial charge in [-0.3, -0.25) is 4.90 Å². The fourth-order valence-corrected chi connectivity index (χ4v) is 6.01. The van der Waals surface area contributed by atoms with E-state index in [9.17, 15) is 4.79 Å². The molecule has 0 aliphatic carbocycles. The molecule has 220 valence electrons. The van der Waals surface area contributed by atoms with Crippen LogP contribution < -0.4 is 10.5 Å². The number of nitrogens with two attached hydrogens (primary N) is 1. The van der Waals surface area contributed by atoms with E-state index in [1.807, 2.05) is 80.3 Å². The Balaban J connectivity index is 1.19. The van der Waals surface area contributed by atoms with E-state index in [0.29, 0.717) is 24.9 Å². The Morgan fingerprint density at radius 2 is 1.62 bits per heavy atom. The molecule has 2 fully saturated rings. The predicted octanol–water partition coefficient (Wildman–Crippen LogP) is 5.90. The summed E-state index contributed by atoms with van der Waals surface area (Å²) in [6, 6.07) is 18.2. The number of anilines is 1. The summed E-state index contributed by atoms with van der Waals surface area (Å²) in [6.45, 7) is 9.06. The number of benzene rings is 2. The van der Waals surface area contributed by atoms with E-state index in [4.69, 9.17) is 20.3 Å². The zero-order valence-electron chi connectivity index (χ0n) is 24.6. The number of nitrogens with zero attached hydrogens (tertiary/aromatic N) is 6. The van der Waals surface area contributed by atoms with Crippen molar-refractivity contribution in [1.82, 2.24) is 29.5 Å². The van der Waals surface area contributed by atoms with E-state index >= 15 is 0 Å². The molecule has 6 rings (SSSR count). The van der Waals surface area contributed by atoms with Crippen LogP contribution in [0, 0.1) is 0 Å². The zero-order chi connectivity index (χ0) is 29.3. The fourth-order valence-electron chi connectivity index (χ4n) is 6.01. The molecule has 0 saturated carbocycles. The molecular weight excluding hydrogens is 530 g/mol. The van der Waals surface area contributed by atoms with Crippen LogP contribution in [0.2, 0.25) is 0 Å². The number of nitrogen functional groups attached to an aromatic ring is 1. The first-order valence-corrected chi connectivity index (χ1v) is 14.8. The summed E-state index contributed by atoms with van der Waals surface area (Å²) in [6.07, 6.45) is 5.25. The van der Waals surface area contributed by atoms with Gasteiger partial charge in [0.2, 0.25) is 0 Å². The second kappa shape index (κ2) is 11.6. The third-order valence-corrected chi connectivity index (χ3v) is 8.03. The number of hydrogen-bond donors (Lipinski definition) is 1. The lowest BCUT2D eigenvalue weighted by Crippen LogP contribution is -2.50. The first-order valence-electron chi connectivity index (χ1n) is 14.8. The third-order valence-electron chi connectivity index (χ3n) is 8.03. The van der Waals surface area contributed by atoms with Gasteiger partial charge in [0.1, 0.15) is 34.9 Å². The molecule has 2 aliphatic rings. The van der Waals surface area contributed by atoms with Crippen LogP contribution in [-0.4, -0.2) is 73.5 Å². The molecule has 4 aromatic rings. The summed E-state index contributed by atoms with van der Waals surface area (Å²) in [5, 5.41) is 5.88. The zero-order valence-corrected chi connectivity index (χ0v) is 24.6. The van der Waals surface area contributed by atoms with Gasteiger partial charge in [-0.05, 0) is 89.4 Å². The average Bonchev–Trinajstić information content (AvgIpc) is 3.38. The number of ether oxygens (including phenoxy) is 2. The SMILES string of the molecule is CC(C)(C)OC(=O)N1CCC(N2CCCC(n3nc(-c4ccc(Oc5ccccc5)cc4)c4c(N)ncnc43)C2)CC1. The smallest absolute Gasteiger partial charge is 0.410 e. The number of carbonyl (C=O) groups excluding carboxylic acids is 1. The molecule has 4 heterocycles. The normalized spacial score (nSPS) is 18.7. The highest BCUT2D eigenvalue weighted by atomic mass is 16.6. The first kappa shape index (κ1) is 28.0. The van der Waals surface area contributed by atoms with Gasteiger partial charge in [-0.25, -0.2) is 19.4 Å². The standard InChI is InChI=1S/C32H39N7O3/c1-32(2,3)42-31(40)37-18-15-23(16-19-37)38-17-7-8-24(20-38)39-30-27(29(33)34-21-35-30)28(36-39)22-11-13-26(14-12-22)41-25-9-5-4-6-10-25/h4-6,9-14,21,23-24H,7-8,15-20H2,1-3H3,(H2,33,34,35). The van der Waals surface area contributed by atoms with E-state index in [2.05, 4.69) is 19.5 Å². The summed E-state index contributed by atoms with van der Waals surface area (Å²) in [5.74, 6) is 1.96. The van der Waals surface area contributed by atoms with Gasteiger partial charge in [-0.1, -0.05) is 18.2 Å². The summed E-state index contributed by atoms with van der Waals surface area (Å²) < 4.78 is 13.6. The van der Waals surface area contributed by atoms with Crippen molar-refractivity contribution < 1.29 is 14.3 Å². The molecule has 10 heteroatoms. The number of amides is 1. The van der Waals surface area contributed by atoms with Crippen molar-refractivity contribution >= 4 is 22.9 Å². The Morgan fingerprint density at radius 3 is 2.33 bits per heavy atom. The summed E-state index contributed by atoms with van der Waals surface area (Å²) in [7, 11) is 0. The molecular formula is C32H39N7O3. The lowest BCUT2D eigenvalue weighted by atomic mass is 9.98. The molecule has 2 aliphatic heterocycles. The highest BCUT2D eigenvalue weighted by molar-refractivity contribution is 5.98. The van der Waals surface area contributed by atoms with Gasteiger partial charge in [0.05, 0.1) is 11.4 Å². The lowest BCUT2D eigenvalue weighted by Gasteiger charge is -2.42. The molecule has 0 radical (unpaired) electrons. The number of para-hydroxylation sites is 1. The molecule has 2 aromatic heterocycles. The van der Waals surface area contributed by atoms with Crippen LogP contribution in [0.3, 0.4) is 0 Å². The number of rotatable bonds is 5. The van der Waals surface area contributed by atoms with Gasteiger partial charge < -0.3 is 20.1 Å². The number of fused-ring (bicyclic) bond motifs is 1. The Hall–Kier alpha value is -4.18. The maximum absolute atomic E-state index is 12.6. The molecule has 2 saturated heterocycles. The number of likely N-dealkylation sites (tertiary alicyclic amines) is 2. The number of piperidine rings is 2. The van der Waals surface area contributed by atoms with E-state index in [-0.39, 0.29) is 12.1 Å². The maximum atomic E-state index is 12.6. The van der Waals surface area contributed by atoms with Crippen LogP contribution in [0.1, 0.15) is 52.5 Å². The highest BCUT2D eigenvalue weighted by Crippen LogP contribution is 2.35. The molecule has 2 N–H and O–H groups in total. The van der Waals surface area contributed by atoms with Crippen molar-refractivity contribution in [3.8, 4) is 22.8 Å². The molecule has 10 nitrogen and oxygen atoms in total. The molecule has 1 atom stereocenters. The minimum Gasteiger partial charge on any atom is -0.457 e. The van der Waals surface area contributed by atoms with Gasteiger partial charge in [-0.15, -0.1) is 0 Å². The van der Waals surface area contributed by atoms with E-state index < -0.39 is 5.60 Å². The van der Waals surface area contributed by atoms with Crippen molar-refractivity contribution in [2.45, 2.75) is 64.1 Å². The van der Waals surface area contributed by atoms with Gasteiger partial charge >= 0.3 is 6.09 Å². The Morgan fingerprint density at radius 1 is 0.905 bits per heavy atom. The van der Waals surface area contributed by atoms with Crippen LogP contribution in [0.25, 0.3) is 22.3 Å². The quantitative estimate of drug-likeness (QED) is 0.316. The van der Waals surface area contributed by atoms with Crippen molar-refractivity contribution in [1.29, 1.82) is 0 Å². The third kappa shape index (κ3) is 6.04. The first-order chi connectivity index (χ1) is 20.2. The Kier molecular flexibility index (Phi) is 7.72. The van der Waals surface area contributed by atoms with Crippen molar-refractivity contribution in [2.75, 3.05) is 31.9 Å². The van der Waals surface area contributed by atoms with Crippen molar-refractivity contribution in [2.24, 2.45) is 0 Å². The van der Waals surface area contributed by atoms with Crippen LogP contribution in [0.15, 0.2) is 60.9 Å². The van der Waals surface area contributed by atoms with E-state index in [1.165, 1.54) is 6.33 Å². The summed E-state index contributed by atoms with van der Waals surface area (Å²) in [5.41, 5.74) is 8.39. The van der Waals surface area contributed by atoms with Crippen molar-refractivity contribution in [3.05, 3.63) is 60.9 Å². The highest BCUT2D eigenvalue weighted by Gasteiger charge is 2.33. The molecule has 0 bridgehead atoms. The maximum Gasteiger partial charge on any atom is 0.410 e. The van der Waals surface area contributed by atoms with Gasteiger partial charge in [0.25, 0.3) is 0 Å². The lowest BCUT2D eigenvalue weighted by molar-refractivity contribution is 0.0112. The fraction of sp³-hybridized carbons (Fsp3) is 0.438. The van der Waals surface area contributed by atoms with Crippen LogP contribution in [0.4, 0.5) is 10.6 Å². The Labute approximate surface area is 246 Å². The minimum atomic E-state index is -0.482. The minimum absolute atomic E-state index is 0.161. The van der Waals surface area contributed by atoms with E-state index in [1.54, 1.807) is 0 Å².